The van der Waals surface area contributed by atoms with Crippen molar-refractivity contribution in [2.45, 2.75) is 13.8 Å². The average molecular weight is 439 g/mol. The van der Waals surface area contributed by atoms with Crippen molar-refractivity contribution in [3.63, 3.8) is 0 Å². The summed E-state index contributed by atoms with van der Waals surface area (Å²) in [6.07, 6.45) is 4.97. The normalized spacial score (nSPS) is 16.0. The fourth-order valence-electron chi connectivity index (χ4n) is 3.21. The molecule has 0 saturated heterocycles. The van der Waals surface area contributed by atoms with Gasteiger partial charge in [0.05, 0.1) is 23.2 Å². The van der Waals surface area contributed by atoms with Gasteiger partial charge in [0.1, 0.15) is 0 Å². The highest BCUT2D eigenvalue weighted by Gasteiger charge is 2.29. The van der Waals surface area contributed by atoms with E-state index in [1.54, 1.807) is 31.2 Å². The molecule has 0 fully saturated rings. The maximum Gasteiger partial charge on any atom is 0.280 e. The largest absolute Gasteiger partial charge is 0.378 e. The maximum atomic E-state index is 13.0. The lowest BCUT2D eigenvalue weighted by Crippen LogP contribution is -2.22. The van der Waals surface area contributed by atoms with Gasteiger partial charge in [0.25, 0.3) is 5.91 Å². The third-order valence-electron chi connectivity index (χ3n) is 4.76. The lowest BCUT2D eigenvalue weighted by atomic mass is 10.0. The van der Waals surface area contributed by atoms with Gasteiger partial charge in [-0.3, -0.25) is 9.52 Å². The molecule has 2 aromatic carbocycles. The number of sulfonamides is 1. The Balaban J connectivity index is 1.80. The number of amides is 1. The van der Waals surface area contributed by atoms with Crippen molar-refractivity contribution in [2.24, 2.45) is 5.10 Å². The van der Waals surface area contributed by atoms with E-state index in [-0.39, 0.29) is 5.91 Å². The van der Waals surface area contributed by atoms with Crippen LogP contribution in [0, 0.1) is 0 Å². The zero-order valence-corrected chi connectivity index (χ0v) is 19.1. The number of carbonyl (C=O) groups is 1. The summed E-state index contributed by atoms with van der Waals surface area (Å²) in [7, 11) is 0.629. The Labute approximate surface area is 183 Å². The molecule has 0 unspecified atom stereocenters. The smallest absolute Gasteiger partial charge is 0.280 e. The molecule has 0 spiro atoms. The van der Waals surface area contributed by atoms with Crippen molar-refractivity contribution in [3.8, 4) is 0 Å². The standard InChI is InChI=1S/C23H26N4O3S/c1-16(6-7-18-8-12-20(13-9-18)26(3)4)22-17(2)24-27(23(22)28)21-14-10-19(11-15-21)25-31(5,29)30/h6-15,25H,1-5H3. The van der Waals surface area contributed by atoms with Crippen LogP contribution in [0.5, 0.6) is 0 Å². The summed E-state index contributed by atoms with van der Waals surface area (Å²) in [6, 6.07) is 14.6. The third kappa shape index (κ3) is 5.40. The van der Waals surface area contributed by atoms with E-state index in [1.807, 2.05) is 62.3 Å². The van der Waals surface area contributed by atoms with Crippen molar-refractivity contribution >= 4 is 44.8 Å². The Morgan fingerprint density at radius 3 is 2.23 bits per heavy atom. The van der Waals surface area contributed by atoms with Crippen molar-refractivity contribution in [2.75, 3.05) is 35.0 Å². The van der Waals surface area contributed by atoms with Gasteiger partial charge < -0.3 is 4.90 Å². The van der Waals surface area contributed by atoms with Gasteiger partial charge in [-0.15, -0.1) is 0 Å². The molecule has 1 heterocycles. The number of anilines is 3. The Morgan fingerprint density at radius 1 is 1.06 bits per heavy atom. The van der Waals surface area contributed by atoms with Crippen LogP contribution in [0.25, 0.3) is 6.08 Å². The molecular formula is C23H26N4O3S. The number of hydrazone groups is 1. The molecule has 0 atom stereocenters. The summed E-state index contributed by atoms with van der Waals surface area (Å²) in [5.41, 5.74) is 5.16. The third-order valence-corrected chi connectivity index (χ3v) is 5.37. The highest BCUT2D eigenvalue weighted by Crippen LogP contribution is 2.27. The first-order valence-electron chi connectivity index (χ1n) is 9.69. The van der Waals surface area contributed by atoms with Crippen LogP contribution in [-0.4, -0.2) is 40.4 Å². The molecule has 31 heavy (non-hydrogen) atoms. The number of benzene rings is 2. The van der Waals surface area contributed by atoms with E-state index in [0.717, 1.165) is 23.1 Å². The molecule has 2 aromatic rings. The molecule has 0 bridgehead atoms. The molecule has 7 nitrogen and oxygen atoms in total. The Bertz CT molecular complexity index is 1180. The highest BCUT2D eigenvalue weighted by atomic mass is 32.2. The molecule has 0 aromatic heterocycles. The number of hydrogen-bond donors (Lipinski definition) is 1. The van der Waals surface area contributed by atoms with E-state index in [9.17, 15) is 13.2 Å². The number of nitrogens with zero attached hydrogens (tertiary/aromatic N) is 3. The first-order valence-corrected chi connectivity index (χ1v) is 11.6. The van der Waals surface area contributed by atoms with E-state index in [2.05, 4.69) is 9.82 Å². The van der Waals surface area contributed by atoms with Crippen molar-refractivity contribution in [1.82, 2.24) is 0 Å². The van der Waals surface area contributed by atoms with Gasteiger partial charge in [0, 0.05) is 25.5 Å². The van der Waals surface area contributed by atoms with E-state index in [1.165, 1.54) is 5.01 Å². The van der Waals surface area contributed by atoms with Gasteiger partial charge in [0.2, 0.25) is 10.0 Å². The first-order chi connectivity index (χ1) is 14.5. The predicted molar refractivity (Wildman–Crippen MR) is 128 cm³/mol. The molecule has 1 aliphatic rings. The summed E-state index contributed by atoms with van der Waals surface area (Å²) in [4.78, 5) is 15.0. The van der Waals surface area contributed by atoms with Crippen molar-refractivity contribution in [3.05, 3.63) is 71.3 Å². The van der Waals surface area contributed by atoms with Crippen LogP contribution in [0.3, 0.4) is 0 Å². The van der Waals surface area contributed by atoms with Gasteiger partial charge in [0.15, 0.2) is 0 Å². The zero-order chi connectivity index (χ0) is 22.8. The van der Waals surface area contributed by atoms with E-state index in [0.29, 0.717) is 22.7 Å². The number of carbonyl (C=O) groups excluding carboxylic acids is 1. The van der Waals surface area contributed by atoms with Gasteiger partial charge in [-0.05, 0) is 61.4 Å². The molecule has 0 aliphatic carbocycles. The van der Waals surface area contributed by atoms with E-state index < -0.39 is 10.0 Å². The molecular weight excluding hydrogens is 412 g/mol. The van der Waals surface area contributed by atoms with Crippen LogP contribution >= 0.6 is 0 Å². The molecule has 162 valence electrons. The van der Waals surface area contributed by atoms with Crippen LogP contribution in [0.15, 0.2) is 70.9 Å². The molecule has 1 amide bonds. The lowest BCUT2D eigenvalue weighted by Gasteiger charge is -2.13. The van der Waals surface area contributed by atoms with Crippen LogP contribution in [0.4, 0.5) is 17.1 Å². The zero-order valence-electron chi connectivity index (χ0n) is 18.2. The van der Waals surface area contributed by atoms with Gasteiger partial charge in [-0.1, -0.05) is 24.3 Å². The van der Waals surface area contributed by atoms with Crippen LogP contribution in [0.2, 0.25) is 0 Å². The van der Waals surface area contributed by atoms with E-state index in [4.69, 9.17) is 0 Å². The number of allylic oxidation sites excluding steroid dienone is 2. The molecule has 3 rings (SSSR count). The van der Waals surface area contributed by atoms with Gasteiger partial charge >= 0.3 is 0 Å². The predicted octanol–water partition coefficient (Wildman–Crippen LogP) is 3.88. The molecule has 0 saturated carbocycles. The summed E-state index contributed by atoms with van der Waals surface area (Å²) >= 11 is 0. The monoisotopic (exact) mass is 438 g/mol. The Kier molecular flexibility index (Phi) is 6.31. The molecule has 1 N–H and O–H groups in total. The number of rotatable bonds is 6. The van der Waals surface area contributed by atoms with Crippen molar-refractivity contribution < 1.29 is 13.2 Å². The Hall–Kier alpha value is -3.39. The minimum absolute atomic E-state index is 0.216. The summed E-state index contributed by atoms with van der Waals surface area (Å²) in [5, 5.41) is 5.73. The fourth-order valence-corrected chi connectivity index (χ4v) is 3.77. The van der Waals surface area contributed by atoms with Gasteiger partial charge in [-0.25, -0.2) is 8.42 Å². The van der Waals surface area contributed by atoms with E-state index >= 15 is 0 Å². The van der Waals surface area contributed by atoms with Crippen LogP contribution < -0.4 is 14.6 Å². The van der Waals surface area contributed by atoms with Crippen molar-refractivity contribution in [1.29, 1.82) is 0 Å². The summed E-state index contributed by atoms with van der Waals surface area (Å²) in [5.74, 6) is -0.216. The minimum atomic E-state index is -3.36. The first kappa shape index (κ1) is 22.3. The quantitative estimate of drug-likeness (QED) is 0.694. The minimum Gasteiger partial charge on any atom is -0.378 e. The fraction of sp³-hybridized carbons (Fsp3) is 0.217. The SMILES string of the molecule is CC1=NN(c2ccc(NS(C)(=O)=O)cc2)C(=O)C1=C(C)C=Cc1ccc(N(C)C)cc1. The maximum absolute atomic E-state index is 13.0. The number of nitrogens with one attached hydrogen (secondary N) is 1. The number of hydrogen-bond acceptors (Lipinski definition) is 5. The second-order valence-corrected chi connectivity index (χ2v) is 9.35. The lowest BCUT2D eigenvalue weighted by molar-refractivity contribution is -0.114. The Morgan fingerprint density at radius 2 is 1.68 bits per heavy atom. The molecule has 1 aliphatic heterocycles. The summed E-state index contributed by atoms with van der Waals surface area (Å²) in [6.45, 7) is 3.69. The van der Waals surface area contributed by atoms with Crippen LogP contribution in [-0.2, 0) is 14.8 Å². The second-order valence-electron chi connectivity index (χ2n) is 7.60. The van der Waals surface area contributed by atoms with Gasteiger partial charge in [-0.2, -0.15) is 10.1 Å². The molecule has 8 heteroatoms. The van der Waals surface area contributed by atoms with Crippen LogP contribution in [0.1, 0.15) is 19.4 Å². The average Bonchev–Trinajstić information content (AvgIpc) is 3.00. The topological polar surface area (TPSA) is 82.1 Å². The highest BCUT2D eigenvalue weighted by molar-refractivity contribution is 7.92. The molecule has 0 radical (unpaired) electrons. The summed E-state index contributed by atoms with van der Waals surface area (Å²) < 4.78 is 25.1. The second kappa shape index (κ2) is 8.77.